The van der Waals surface area contributed by atoms with E-state index in [4.69, 9.17) is 14.6 Å². The molecule has 3 N–H and O–H groups in total. The first-order valence-electron chi connectivity index (χ1n) is 10.1. The minimum absolute atomic E-state index is 0.152. The van der Waals surface area contributed by atoms with Gasteiger partial charge < -0.3 is 19.7 Å². The monoisotopic (exact) mass is 483 g/mol. The van der Waals surface area contributed by atoms with Gasteiger partial charge in [-0.05, 0) is 66.4 Å². The number of benzene rings is 3. The van der Waals surface area contributed by atoms with Crippen LogP contribution in [-0.4, -0.2) is 34.6 Å². The lowest BCUT2D eigenvalue weighted by Crippen LogP contribution is -2.30. The average molecular weight is 484 g/mol. The predicted molar refractivity (Wildman–Crippen MR) is 127 cm³/mol. The second-order valence-corrected chi connectivity index (χ2v) is 7.86. The Kier molecular flexibility index (Phi) is 8.53. The van der Waals surface area contributed by atoms with Crippen LogP contribution < -0.4 is 10.1 Å². The zero-order valence-electron chi connectivity index (χ0n) is 18.1. The van der Waals surface area contributed by atoms with Gasteiger partial charge in [0.25, 0.3) is 0 Å². The number of rotatable bonds is 9. The lowest BCUT2D eigenvalue weighted by Gasteiger charge is -2.26. The number of nitrogens with one attached hydrogen (secondary N) is 1. The van der Waals surface area contributed by atoms with Crippen LogP contribution >= 0.6 is 11.8 Å². The maximum absolute atomic E-state index is 14.1. The summed E-state index contributed by atoms with van der Waals surface area (Å²) in [4.78, 5) is 24.9. The second-order valence-electron chi connectivity index (χ2n) is 6.98. The molecule has 0 saturated carbocycles. The SMILES string of the molecule is CSc1ccc(NC(=O)O[C@@H](c2ccc(O)c(F)c2)[C@H](/C=C/C(=O)O)Oc2ccccc2)cc1. The van der Waals surface area contributed by atoms with E-state index in [-0.39, 0.29) is 5.56 Å². The number of aromatic hydroxyl groups is 1. The highest BCUT2D eigenvalue weighted by Crippen LogP contribution is 2.30. The first kappa shape index (κ1) is 24.7. The number of aliphatic carboxylic acids is 1. The van der Waals surface area contributed by atoms with Crippen molar-refractivity contribution in [2.75, 3.05) is 11.6 Å². The molecule has 3 aromatic carbocycles. The van der Waals surface area contributed by atoms with Crippen molar-refractivity contribution >= 4 is 29.5 Å². The smallest absolute Gasteiger partial charge is 0.412 e. The van der Waals surface area contributed by atoms with Crippen molar-refractivity contribution < 1.29 is 33.7 Å². The molecule has 0 aliphatic carbocycles. The molecule has 9 heteroatoms. The van der Waals surface area contributed by atoms with Crippen molar-refractivity contribution in [2.45, 2.75) is 17.1 Å². The number of ether oxygens (including phenoxy) is 2. The highest BCUT2D eigenvalue weighted by Gasteiger charge is 2.28. The number of phenolic OH excluding ortho intramolecular Hbond substituents is 1. The summed E-state index contributed by atoms with van der Waals surface area (Å²) in [5.41, 5.74) is 0.624. The first-order valence-corrected chi connectivity index (χ1v) is 11.3. The zero-order chi connectivity index (χ0) is 24.5. The largest absolute Gasteiger partial charge is 0.505 e. The summed E-state index contributed by atoms with van der Waals surface area (Å²) in [6, 6.07) is 19.0. The maximum atomic E-state index is 14.1. The van der Waals surface area contributed by atoms with Gasteiger partial charge in [0.2, 0.25) is 0 Å². The molecule has 3 rings (SSSR count). The number of phenols is 1. The molecule has 0 bridgehead atoms. The summed E-state index contributed by atoms with van der Waals surface area (Å²) < 4.78 is 25.6. The molecule has 3 aromatic rings. The standard InChI is InChI=1S/C25H22FNO6S/c1-34-19-10-8-17(9-11-19)27-25(31)33-24(16-7-12-21(28)20(26)15-16)22(13-14-23(29)30)32-18-5-3-2-4-6-18/h2-15,22,24,28H,1H3,(H,27,31)(H,29,30)/b14-13+/t22-,24-/m0/s1. The molecule has 0 spiro atoms. The van der Waals surface area contributed by atoms with Gasteiger partial charge in [0.05, 0.1) is 0 Å². The molecule has 0 saturated heterocycles. The fourth-order valence-corrected chi connectivity index (χ4v) is 3.41. The van der Waals surface area contributed by atoms with Gasteiger partial charge in [0.15, 0.2) is 23.8 Å². The summed E-state index contributed by atoms with van der Waals surface area (Å²) in [6.45, 7) is 0. The van der Waals surface area contributed by atoms with Crippen LogP contribution in [0.15, 0.2) is 89.8 Å². The Bertz CT molecular complexity index is 1150. The molecule has 0 unspecified atom stereocenters. The minimum atomic E-state index is -1.25. The van der Waals surface area contributed by atoms with Gasteiger partial charge in [-0.3, -0.25) is 5.32 Å². The highest BCUT2D eigenvalue weighted by atomic mass is 32.2. The topological polar surface area (TPSA) is 105 Å². The number of para-hydroxylation sites is 1. The number of halogens is 1. The van der Waals surface area contributed by atoms with Crippen LogP contribution in [0, 0.1) is 5.82 Å². The summed E-state index contributed by atoms with van der Waals surface area (Å²) in [7, 11) is 0. The molecule has 34 heavy (non-hydrogen) atoms. The predicted octanol–water partition coefficient (Wildman–Crippen LogP) is 5.63. The van der Waals surface area contributed by atoms with Crippen molar-refractivity contribution in [1.82, 2.24) is 0 Å². The van der Waals surface area contributed by atoms with Crippen LogP contribution in [0.3, 0.4) is 0 Å². The van der Waals surface area contributed by atoms with Crippen LogP contribution in [0.25, 0.3) is 0 Å². The number of hydrogen-bond acceptors (Lipinski definition) is 6. The van der Waals surface area contributed by atoms with Gasteiger partial charge in [-0.25, -0.2) is 14.0 Å². The van der Waals surface area contributed by atoms with Crippen molar-refractivity contribution in [3.05, 3.63) is 96.3 Å². The van der Waals surface area contributed by atoms with Gasteiger partial charge >= 0.3 is 12.1 Å². The number of carbonyl (C=O) groups excluding carboxylic acids is 1. The number of anilines is 1. The van der Waals surface area contributed by atoms with E-state index in [1.165, 1.54) is 12.1 Å². The zero-order valence-corrected chi connectivity index (χ0v) is 18.9. The van der Waals surface area contributed by atoms with Crippen LogP contribution in [0.2, 0.25) is 0 Å². The number of thioether (sulfide) groups is 1. The Morgan fingerprint density at radius 3 is 2.38 bits per heavy atom. The first-order chi connectivity index (χ1) is 16.4. The third-order valence-electron chi connectivity index (χ3n) is 4.61. The molecule has 0 fully saturated rings. The van der Waals surface area contributed by atoms with E-state index in [2.05, 4.69) is 5.32 Å². The number of carboxylic acid groups (broad SMARTS) is 1. The Hall–Kier alpha value is -3.98. The van der Waals surface area contributed by atoms with E-state index in [0.717, 1.165) is 23.1 Å². The lowest BCUT2D eigenvalue weighted by molar-refractivity contribution is -0.131. The number of carboxylic acids is 1. The summed E-state index contributed by atoms with van der Waals surface area (Å²) in [5.74, 6) is -2.37. The molecule has 0 aliphatic rings. The van der Waals surface area contributed by atoms with Crippen LogP contribution in [0.4, 0.5) is 14.9 Å². The molecule has 2 atom stereocenters. The fraction of sp³-hybridized carbons (Fsp3) is 0.120. The summed E-state index contributed by atoms with van der Waals surface area (Å²) >= 11 is 1.55. The maximum Gasteiger partial charge on any atom is 0.412 e. The van der Waals surface area contributed by atoms with Gasteiger partial charge in [-0.1, -0.05) is 24.3 Å². The number of hydrogen-bond donors (Lipinski definition) is 3. The van der Waals surface area contributed by atoms with Gasteiger partial charge in [0.1, 0.15) is 5.75 Å². The number of carbonyl (C=O) groups is 2. The fourth-order valence-electron chi connectivity index (χ4n) is 3.00. The third-order valence-corrected chi connectivity index (χ3v) is 5.36. The number of amides is 1. The third kappa shape index (κ3) is 7.01. The van der Waals surface area contributed by atoms with Crippen molar-refractivity contribution in [3.63, 3.8) is 0 Å². The molecule has 0 heterocycles. The summed E-state index contributed by atoms with van der Waals surface area (Å²) in [5, 5.41) is 21.3. The van der Waals surface area contributed by atoms with E-state index in [9.17, 15) is 19.1 Å². The van der Waals surface area contributed by atoms with E-state index in [1.807, 2.05) is 18.4 Å². The molecular weight excluding hydrogens is 461 g/mol. The van der Waals surface area contributed by atoms with E-state index in [0.29, 0.717) is 11.4 Å². The van der Waals surface area contributed by atoms with Gasteiger partial charge in [-0.2, -0.15) is 0 Å². The molecule has 176 valence electrons. The lowest BCUT2D eigenvalue weighted by atomic mass is 10.0. The molecule has 0 radical (unpaired) electrons. The average Bonchev–Trinajstić information content (AvgIpc) is 2.83. The molecular formula is C25H22FNO6S. The molecule has 1 amide bonds. The normalized spacial score (nSPS) is 12.6. The molecule has 0 aromatic heterocycles. The van der Waals surface area contributed by atoms with Crippen molar-refractivity contribution in [2.24, 2.45) is 0 Å². The molecule has 7 nitrogen and oxygen atoms in total. The second kappa shape index (κ2) is 11.8. The van der Waals surface area contributed by atoms with E-state index in [1.54, 1.807) is 54.2 Å². The van der Waals surface area contributed by atoms with Crippen molar-refractivity contribution in [1.29, 1.82) is 0 Å². The van der Waals surface area contributed by atoms with E-state index < -0.39 is 35.8 Å². The quantitative estimate of drug-likeness (QED) is 0.268. The van der Waals surface area contributed by atoms with Crippen molar-refractivity contribution in [3.8, 4) is 11.5 Å². The Morgan fingerprint density at radius 1 is 1.06 bits per heavy atom. The Morgan fingerprint density at radius 2 is 1.76 bits per heavy atom. The van der Waals surface area contributed by atoms with Crippen LogP contribution in [-0.2, 0) is 9.53 Å². The van der Waals surface area contributed by atoms with Crippen LogP contribution in [0.5, 0.6) is 11.5 Å². The Balaban J connectivity index is 1.92. The van der Waals surface area contributed by atoms with Gasteiger partial charge in [0, 0.05) is 16.7 Å². The van der Waals surface area contributed by atoms with Gasteiger partial charge in [-0.15, -0.1) is 11.8 Å². The minimum Gasteiger partial charge on any atom is -0.505 e. The van der Waals surface area contributed by atoms with Crippen LogP contribution in [0.1, 0.15) is 11.7 Å². The highest BCUT2D eigenvalue weighted by molar-refractivity contribution is 7.98. The van der Waals surface area contributed by atoms with E-state index >= 15 is 0 Å². The Labute approximate surface area is 199 Å². The summed E-state index contributed by atoms with van der Waals surface area (Å²) in [6.07, 6.45) is 0.727. The molecule has 0 aliphatic heterocycles.